The van der Waals surface area contributed by atoms with E-state index in [1.807, 2.05) is 0 Å². The Morgan fingerprint density at radius 1 is 1.35 bits per heavy atom. The molecule has 2 atom stereocenters. The Labute approximate surface area is 120 Å². The summed E-state index contributed by atoms with van der Waals surface area (Å²) in [6.45, 7) is 11.3. The van der Waals surface area contributed by atoms with Crippen LogP contribution in [0.3, 0.4) is 0 Å². The quantitative estimate of drug-likeness (QED) is 0.446. The van der Waals surface area contributed by atoms with E-state index < -0.39 is 8.32 Å². The lowest BCUT2D eigenvalue weighted by atomic mass is 9.99. The fraction of sp³-hybridized carbons (Fsp3) is 0.667. The normalized spacial score (nSPS) is 29.2. The lowest BCUT2D eigenvalue weighted by Gasteiger charge is -2.40. The zero-order valence-electron chi connectivity index (χ0n) is 12.8. The Kier molecular flexibility index (Phi) is 2.92. The molecule has 0 aromatic rings. The Balaban J connectivity index is 1.96. The Hall–Kier alpha value is -1.07. The number of rotatable bonds is 2. The zero-order valence-corrected chi connectivity index (χ0v) is 13.8. The largest absolute Gasteiger partial charge is 0.546 e. The number of ether oxygens (including phenoxy) is 2. The molecule has 5 heteroatoms. The minimum absolute atomic E-state index is 0.0352. The van der Waals surface area contributed by atoms with Crippen LogP contribution >= 0.6 is 0 Å². The number of esters is 1. The predicted octanol–water partition coefficient (Wildman–Crippen LogP) is 2.92. The smallest absolute Gasteiger partial charge is 0.340 e. The molecule has 0 aromatic heterocycles. The average Bonchev–Trinajstić information content (AvgIpc) is 2.65. The molecule has 0 amide bonds. The Morgan fingerprint density at radius 3 is 2.70 bits per heavy atom. The van der Waals surface area contributed by atoms with Crippen LogP contribution in [0.4, 0.5) is 0 Å². The summed E-state index contributed by atoms with van der Waals surface area (Å²) >= 11 is 0. The maximum Gasteiger partial charge on any atom is 0.340 e. The standard InChI is InChI=1S/C15H22O4Si/c1-15(2,3)20(4,5)19-11-7-10-6-9-8-17-14(16)12(11)13(9)18-10/h6,10,13H,7-8H2,1-5H3/t10-,13+/m0/s1. The number of cyclic esters (lactones) is 1. The first kappa shape index (κ1) is 13.9. The molecular weight excluding hydrogens is 272 g/mol. The predicted molar refractivity (Wildman–Crippen MR) is 77.6 cm³/mol. The highest BCUT2D eigenvalue weighted by atomic mass is 28.4. The molecule has 0 unspecified atom stereocenters. The molecule has 0 spiro atoms. The van der Waals surface area contributed by atoms with Crippen LogP contribution in [0.5, 0.6) is 0 Å². The fourth-order valence-electron chi connectivity index (χ4n) is 2.56. The Morgan fingerprint density at radius 2 is 2.05 bits per heavy atom. The summed E-state index contributed by atoms with van der Waals surface area (Å²) in [6, 6.07) is 0. The summed E-state index contributed by atoms with van der Waals surface area (Å²) < 4.78 is 17.5. The highest BCUT2D eigenvalue weighted by Gasteiger charge is 2.47. The van der Waals surface area contributed by atoms with Crippen molar-refractivity contribution in [1.82, 2.24) is 0 Å². The van der Waals surface area contributed by atoms with Crippen molar-refractivity contribution in [3.63, 3.8) is 0 Å². The van der Waals surface area contributed by atoms with Crippen molar-refractivity contribution in [3.05, 3.63) is 23.0 Å². The van der Waals surface area contributed by atoms with Gasteiger partial charge in [0.25, 0.3) is 0 Å². The van der Waals surface area contributed by atoms with Gasteiger partial charge in [0, 0.05) is 6.42 Å². The zero-order chi connectivity index (χ0) is 14.7. The van der Waals surface area contributed by atoms with E-state index in [1.54, 1.807) is 0 Å². The molecule has 3 rings (SSSR count). The minimum atomic E-state index is -1.95. The number of hydrogen-bond donors (Lipinski definition) is 0. The number of carbonyl (C=O) groups is 1. The molecule has 0 aliphatic carbocycles. The van der Waals surface area contributed by atoms with E-state index in [0.717, 1.165) is 11.3 Å². The highest BCUT2D eigenvalue weighted by Crippen LogP contribution is 2.44. The van der Waals surface area contributed by atoms with E-state index in [4.69, 9.17) is 13.9 Å². The van der Waals surface area contributed by atoms with Gasteiger partial charge in [0.05, 0.1) is 11.9 Å². The molecule has 0 aromatic carbocycles. The van der Waals surface area contributed by atoms with Crippen LogP contribution in [-0.4, -0.2) is 33.1 Å². The lowest BCUT2D eigenvalue weighted by Crippen LogP contribution is -2.43. The number of fused-ring (bicyclic) bond motifs is 1. The van der Waals surface area contributed by atoms with Gasteiger partial charge in [0.1, 0.15) is 18.3 Å². The van der Waals surface area contributed by atoms with Crippen LogP contribution in [-0.2, 0) is 18.7 Å². The summed E-state index contributed by atoms with van der Waals surface area (Å²) in [5.74, 6) is 0.523. The summed E-state index contributed by atoms with van der Waals surface area (Å²) in [5, 5.41) is 0.104. The van der Waals surface area contributed by atoms with Gasteiger partial charge in [-0.15, -0.1) is 0 Å². The van der Waals surface area contributed by atoms with Crippen molar-refractivity contribution < 1.29 is 18.7 Å². The maximum atomic E-state index is 12.1. The van der Waals surface area contributed by atoms with Gasteiger partial charge in [-0.1, -0.05) is 20.8 Å². The fourth-order valence-corrected chi connectivity index (χ4v) is 3.67. The van der Waals surface area contributed by atoms with E-state index in [9.17, 15) is 4.79 Å². The summed E-state index contributed by atoms with van der Waals surface area (Å²) in [7, 11) is -1.95. The summed E-state index contributed by atoms with van der Waals surface area (Å²) in [5.41, 5.74) is 1.67. The molecule has 3 aliphatic heterocycles. The molecule has 0 N–H and O–H groups in total. The van der Waals surface area contributed by atoms with Crippen LogP contribution < -0.4 is 0 Å². The molecule has 3 aliphatic rings. The van der Waals surface area contributed by atoms with Gasteiger partial charge in [0.2, 0.25) is 8.32 Å². The first-order valence-electron chi connectivity index (χ1n) is 7.14. The third-order valence-corrected chi connectivity index (χ3v) is 9.14. The molecule has 0 saturated carbocycles. The number of carbonyl (C=O) groups excluding carboxylic acids is 1. The van der Waals surface area contributed by atoms with Gasteiger partial charge in [-0.05, 0) is 29.8 Å². The first-order chi connectivity index (χ1) is 9.19. The van der Waals surface area contributed by atoms with Gasteiger partial charge in [-0.2, -0.15) is 0 Å². The van der Waals surface area contributed by atoms with Crippen molar-refractivity contribution in [2.75, 3.05) is 6.61 Å². The van der Waals surface area contributed by atoms with Gasteiger partial charge in [-0.25, -0.2) is 4.79 Å². The van der Waals surface area contributed by atoms with E-state index in [2.05, 4.69) is 39.9 Å². The lowest BCUT2D eigenvalue weighted by molar-refractivity contribution is -0.143. The van der Waals surface area contributed by atoms with E-state index in [-0.39, 0.29) is 23.2 Å². The van der Waals surface area contributed by atoms with Crippen LogP contribution in [0.15, 0.2) is 23.0 Å². The molecule has 2 bridgehead atoms. The highest BCUT2D eigenvalue weighted by molar-refractivity contribution is 6.74. The summed E-state index contributed by atoms with van der Waals surface area (Å²) in [4.78, 5) is 12.1. The van der Waals surface area contributed by atoms with Gasteiger partial charge in [-0.3, -0.25) is 0 Å². The second kappa shape index (κ2) is 4.21. The molecule has 20 heavy (non-hydrogen) atoms. The maximum absolute atomic E-state index is 12.1. The van der Waals surface area contributed by atoms with Crippen molar-refractivity contribution >= 4 is 14.3 Å². The summed E-state index contributed by atoms with van der Waals surface area (Å²) in [6.07, 6.45) is 2.54. The van der Waals surface area contributed by atoms with Crippen LogP contribution in [0.1, 0.15) is 27.2 Å². The molecule has 1 saturated heterocycles. The Bertz CT molecular complexity index is 524. The molecule has 3 heterocycles. The second-order valence-corrected chi connectivity index (χ2v) is 12.0. The van der Waals surface area contributed by atoms with E-state index in [1.165, 1.54) is 0 Å². The number of hydrogen-bond acceptors (Lipinski definition) is 4. The van der Waals surface area contributed by atoms with Crippen molar-refractivity contribution in [3.8, 4) is 0 Å². The van der Waals surface area contributed by atoms with Gasteiger partial charge in [0.15, 0.2) is 0 Å². The SMILES string of the molecule is CC(C)(C)[Si](C)(C)OC1=C2C(=O)OCC3=C[C@@H](C1)O[C@H]32. The van der Waals surface area contributed by atoms with Crippen molar-refractivity contribution in [1.29, 1.82) is 0 Å². The minimum Gasteiger partial charge on any atom is -0.546 e. The topological polar surface area (TPSA) is 44.8 Å². The van der Waals surface area contributed by atoms with E-state index in [0.29, 0.717) is 18.6 Å². The third-order valence-electron chi connectivity index (χ3n) is 4.77. The molecular formula is C15H22O4Si. The monoisotopic (exact) mass is 294 g/mol. The van der Waals surface area contributed by atoms with E-state index >= 15 is 0 Å². The molecule has 1 fully saturated rings. The second-order valence-electron chi connectivity index (χ2n) is 7.28. The first-order valence-corrected chi connectivity index (χ1v) is 10.0. The van der Waals surface area contributed by atoms with Gasteiger partial charge >= 0.3 is 5.97 Å². The molecule has 4 nitrogen and oxygen atoms in total. The molecule has 110 valence electrons. The van der Waals surface area contributed by atoms with Gasteiger partial charge < -0.3 is 13.9 Å². The third kappa shape index (κ3) is 2.04. The average molecular weight is 294 g/mol. The van der Waals surface area contributed by atoms with Crippen molar-refractivity contribution in [2.24, 2.45) is 0 Å². The van der Waals surface area contributed by atoms with Crippen LogP contribution in [0.25, 0.3) is 0 Å². The van der Waals surface area contributed by atoms with Crippen molar-refractivity contribution in [2.45, 2.75) is 57.5 Å². The van der Waals surface area contributed by atoms with Crippen LogP contribution in [0, 0.1) is 0 Å². The molecule has 0 radical (unpaired) electrons. The van der Waals surface area contributed by atoms with Crippen LogP contribution in [0.2, 0.25) is 18.1 Å².